The minimum atomic E-state index is -0.396. The Balaban J connectivity index is 1.67. The molecule has 2 heterocycles. The number of imidazole rings is 1. The van der Waals surface area contributed by atoms with Gasteiger partial charge in [-0.3, -0.25) is 19.2 Å². The lowest BCUT2D eigenvalue weighted by Crippen LogP contribution is -2.31. The topological polar surface area (TPSA) is 85.2 Å². The number of ether oxygens (including phenoxy) is 1. The standard InChI is InChI=1S/C21H29N5O3/c1-4-5-13-26-19-18(20(27)23-21(26)28)25(3)17(22-19)15-24(2)12-9-14-29-16-10-7-6-8-11-16/h6-8,10-11H,4-5,9,12-15H2,1-3H3,(H,23,27,28). The van der Waals surface area contributed by atoms with Gasteiger partial charge in [0.25, 0.3) is 5.56 Å². The number of nitrogens with one attached hydrogen (secondary N) is 1. The zero-order valence-corrected chi connectivity index (χ0v) is 17.4. The van der Waals surface area contributed by atoms with E-state index >= 15 is 0 Å². The average molecular weight is 399 g/mol. The van der Waals surface area contributed by atoms with Crippen LogP contribution in [0.3, 0.4) is 0 Å². The monoisotopic (exact) mass is 399 g/mol. The number of aromatic nitrogens is 4. The van der Waals surface area contributed by atoms with Gasteiger partial charge in [-0.15, -0.1) is 0 Å². The maximum atomic E-state index is 12.3. The van der Waals surface area contributed by atoms with Crippen LogP contribution in [0.25, 0.3) is 11.2 Å². The van der Waals surface area contributed by atoms with Crippen molar-refractivity contribution in [1.29, 1.82) is 0 Å². The maximum absolute atomic E-state index is 12.3. The molecule has 156 valence electrons. The van der Waals surface area contributed by atoms with Crippen molar-refractivity contribution in [2.45, 2.75) is 39.3 Å². The molecule has 0 aliphatic heterocycles. The molecule has 29 heavy (non-hydrogen) atoms. The summed E-state index contributed by atoms with van der Waals surface area (Å²) >= 11 is 0. The molecule has 1 aromatic carbocycles. The molecule has 0 unspecified atom stereocenters. The van der Waals surface area contributed by atoms with Crippen molar-refractivity contribution >= 4 is 11.2 Å². The van der Waals surface area contributed by atoms with Crippen LogP contribution in [0, 0.1) is 0 Å². The van der Waals surface area contributed by atoms with Crippen LogP contribution in [-0.4, -0.2) is 44.2 Å². The molecule has 0 saturated carbocycles. The molecule has 0 spiro atoms. The molecule has 0 amide bonds. The summed E-state index contributed by atoms with van der Waals surface area (Å²) in [6.07, 6.45) is 2.69. The van der Waals surface area contributed by atoms with E-state index in [1.807, 2.05) is 44.4 Å². The minimum Gasteiger partial charge on any atom is -0.494 e. The zero-order chi connectivity index (χ0) is 20.8. The van der Waals surface area contributed by atoms with Crippen molar-refractivity contribution < 1.29 is 4.74 Å². The van der Waals surface area contributed by atoms with Crippen LogP contribution in [0.4, 0.5) is 0 Å². The summed E-state index contributed by atoms with van der Waals surface area (Å²) in [5.41, 5.74) is 0.118. The molecule has 0 fully saturated rings. The van der Waals surface area contributed by atoms with Crippen LogP contribution in [0.15, 0.2) is 39.9 Å². The van der Waals surface area contributed by atoms with Crippen molar-refractivity contribution in [2.75, 3.05) is 20.2 Å². The number of H-pyrrole nitrogens is 1. The van der Waals surface area contributed by atoms with E-state index in [2.05, 4.69) is 21.8 Å². The van der Waals surface area contributed by atoms with Crippen molar-refractivity contribution in [3.63, 3.8) is 0 Å². The van der Waals surface area contributed by atoms with Crippen molar-refractivity contribution in [1.82, 2.24) is 24.0 Å². The second-order valence-electron chi connectivity index (χ2n) is 7.28. The summed E-state index contributed by atoms with van der Waals surface area (Å²) in [7, 11) is 3.83. The summed E-state index contributed by atoms with van der Waals surface area (Å²) < 4.78 is 9.08. The van der Waals surface area contributed by atoms with Gasteiger partial charge in [-0.2, -0.15) is 0 Å². The van der Waals surface area contributed by atoms with E-state index in [9.17, 15) is 9.59 Å². The third-order valence-electron chi connectivity index (χ3n) is 4.95. The number of para-hydroxylation sites is 1. The predicted octanol–water partition coefficient (Wildman–Crippen LogP) is 2.12. The Hall–Kier alpha value is -2.87. The molecule has 0 bridgehead atoms. The number of fused-ring (bicyclic) bond motifs is 1. The number of nitrogens with zero attached hydrogens (tertiary/aromatic N) is 4. The van der Waals surface area contributed by atoms with Crippen LogP contribution >= 0.6 is 0 Å². The molecular weight excluding hydrogens is 370 g/mol. The summed E-state index contributed by atoms with van der Waals surface area (Å²) in [5.74, 6) is 1.63. The number of hydrogen-bond acceptors (Lipinski definition) is 5. The summed E-state index contributed by atoms with van der Waals surface area (Å²) in [5, 5.41) is 0. The van der Waals surface area contributed by atoms with Crippen LogP contribution in [-0.2, 0) is 20.1 Å². The smallest absolute Gasteiger partial charge is 0.330 e. The van der Waals surface area contributed by atoms with Crippen molar-refractivity contribution in [2.24, 2.45) is 7.05 Å². The van der Waals surface area contributed by atoms with Crippen LogP contribution in [0.1, 0.15) is 32.0 Å². The van der Waals surface area contributed by atoms with E-state index in [4.69, 9.17) is 4.74 Å². The SMILES string of the molecule is CCCCn1c(=O)[nH]c(=O)c2c1nc(CN(C)CCCOc1ccccc1)n2C. The van der Waals surface area contributed by atoms with E-state index in [-0.39, 0.29) is 0 Å². The Morgan fingerprint density at radius 1 is 1.17 bits per heavy atom. The minimum absolute atomic E-state index is 0.391. The van der Waals surface area contributed by atoms with Gasteiger partial charge < -0.3 is 9.30 Å². The molecule has 2 aromatic heterocycles. The lowest BCUT2D eigenvalue weighted by molar-refractivity contribution is 0.254. The summed E-state index contributed by atoms with van der Waals surface area (Å²) in [6.45, 7) is 4.65. The number of aryl methyl sites for hydroxylation is 2. The van der Waals surface area contributed by atoms with Gasteiger partial charge in [-0.1, -0.05) is 31.5 Å². The fourth-order valence-corrected chi connectivity index (χ4v) is 3.32. The predicted molar refractivity (Wildman–Crippen MR) is 113 cm³/mol. The van der Waals surface area contributed by atoms with Crippen molar-refractivity contribution in [3.05, 3.63) is 57.0 Å². The first-order valence-corrected chi connectivity index (χ1v) is 10.1. The second-order valence-corrected chi connectivity index (χ2v) is 7.28. The van der Waals surface area contributed by atoms with E-state index in [0.717, 1.165) is 37.4 Å². The van der Waals surface area contributed by atoms with Gasteiger partial charge in [0.05, 0.1) is 13.2 Å². The highest BCUT2D eigenvalue weighted by Gasteiger charge is 2.17. The lowest BCUT2D eigenvalue weighted by atomic mass is 10.3. The van der Waals surface area contributed by atoms with E-state index < -0.39 is 11.2 Å². The first kappa shape index (κ1) is 20.9. The second kappa shape index (κ2) is 9.56. The largest absolute Gasteiger partial charge is 0.494 e. The number of unbranched alkanes of at least 4 members (excludes halogenated alkanes) is 1. The Kier molecular flexibility index (Phi) is 6.87. The molecular formula is C21H29N5O3. The van der Waals surface area contributed by atoms with Gasteiger partial charge in [-0.05, 0) is 32.0 Å². The maximum Gasteiger partial charge on any atom is 0.330 e. The van der Waals surface area contributed by atoms with Gasteiger partial charge in [0.2, 0.25) is 0 Å². The molecule has 1 N–H and O–H groups in total. The Morgan fingerprint density at radius 2 is 1.93 bits per heavy atom. The zero-order valence-electron chi connectivity index (χ0n) is 17.4. The van der Waals surface area contributed by atoms with Crippen LogP contribution < -0.4 is 16.0 Å². The Labute approximate surface area is 169 Å². The fraction of sp³-hybridized carbons (Fsp3) is 0.476. The summed E-state index contributed by atoms with van der Waals surface area (Å²) in [6, 6.07) is 9.76. The van der Waals surface area contributed by atoms with Gasteiger partial charge in [0.1, 0.15) is 11.6 Å². The molecule has 0 radical (unpaired) electrons. The van der Waals surface area contributed by atoms with E-state index in [1.54, 1.807) is 9.13 Å². The Morgan fingerprint density at radius 3 is 2.66 bits per heavy atom. The number of rotatable bonds is 10. The third kappa shape index (κ3) is 4.95. The normalized spacial score (nSPS) is 11.4. The number of aromatic amines is 1. The highest BCUT2D eigenvalue weighted by atomic mass is 16.5. The van der Waals surface area contributed by atoms with Gasteiger partial charge >= 0.3 is 5.69 Å². The van der Waals surface area contributed by atoms with Gasteiger partial charge in [-0.25, -0.2) is 9.78 Å². The molecule has 3 aromatic rings. The molecule has 0 aliphatic rings. The molecule has 8 nitrogen and oxygen atoms in total. The lowest BCUT2D eigenvalue weighted by Gasteiger charge is -2.16. The number of hydrogen-bond donors (Lipinski definition) is 1. The van der Waals surface area contributed by atoms with Gasteiger partial charge in [0, 0.05) is 20.1 Å². The van der Waals surface area contributed by atoms with Crippen LogP contribution in [0.2, 0.25) is 0 Å². The van der Waals surface area contributed by atoms with Crippen LogP contribution in [0.5, 0.6) is 5.75 Å². The first-order chi connectivity index (χ1) is 14.0. The third-order valence-corrected chi connectivity index (χ3v) is 4.95. The Bertz CT molecular complexity index is 1050. The molecule has 0 atom stereocenters. The van der Waals surface area contributed by atoms with Crippen molar-refractivity contribution in [3.8, 4) is 5.75 Å². The number of benzene rings is 1. The quantitative estimate of drug-likeness (QED) is 0.528. The first-order valence-electron chi connectivity index (χ1n) is 10.1. The van der Waals surface area contributed by atoms with Gasteiger partial charge in [0.15, 0.2) is 11.2 Å². The van der Waals surface area contributed by atoms with E-state index in [1.165, 1.54) is 0 Å². The molecule has 8 heteroatoms. The highest BCUT2D eigenvalue weighted by molar-refractivity contribution is 5.70. The summed E-state index contributed by atoms with van der Waals surface area (Å²) in [4.78, 5) is 33.7. The fourth-order valence-electron chi connectivity index (χ4n) is 3.32. The highest BCUT2D eigenvalue weighted by Crippen LogP contribution is 2.12. The molecule has 0 aliphatic carbocycles. The molecule has 0 saturated heterocycles. The average Bonchev–Trinajstić information content (AvgIpc) is 3.02. The van der Waals surface area contributed by atoms with E-state index in [0.29, 0.717) is 30.9 Å². The molecule has 3 rings (SSSR count).